The second-order valence-electron chi connectivity index (χ2n) is 3.92. The molecule has 1 amide bonds. The quantitative estimate of drug-likeness (QED) is 0.702. The van der Waals surface area contributed by atoms with E-state index >= 15 is 0 Å². The van der Waals surface area contributed by atoms with Crippen LogP contribution in [0.1, 0.15) is 12.0 Å². The summed E-state index contributed by atoms with van der Waals surface area (Å²) in [5.74, 6) is -1.10. The van der Waals surface area contributed by atoms with Crippen LogP contribution < -0.4 is 4.74 Å². The second-order valence-corrected chi connectivity index (χ2v) is 3.92. The molecule has 0 heterocycles. The number of aliphatic carboxylic acids is 1. The van der Waals surface area contributed by atoms with Crippen LogP contribution >= 0.6 is 0 Å². The maximum Gasteiger partial charge on any atom is 0.312 e. The van der Waals surface area contributed by atoms with Gasteiger partial charge >= 0.3 is 5.97 Å². The number of aliphatic hydroxyl groups is 1. The number of ether oxygens (including phenoxy) is 1. The molecule has 0 aromatic heterocycles. The Bertz CT molecular complexity index is 446. The largest absolute Gasteiger partial charge is 0.496 e. The Morgan fingerprint density at radius 3 is 2.58 bits per heavy atom. The van der Waals surface area contributed by atoms with E-state index in [9.17, 15) is 9.59 Å². The van der Waals surface area contributed by atoms with Crippen molar-refractivity contribution in [2.24, 2.45) is 0 Å². The van der Waals surface area contributed by atoms with Gasteiger partial charge in [0.25, 0.3) is 0 Å². The molecule has 0 fully saturated rings. The lowest BCUT2D eigenvalue weighted by Crippen LogP contribution is -2.34. The molecule has 0 aliphatic rings. The minimum atomic E-state index is -1.19. The third-order valence-corrected chi connectivity index (χ3v) is 2.58. The van der Waals surface area contributed by atoms with E-state index in [0.717, 1.165) is 5.56 Å². The van der Waals surface area contributed by atoms with E-state index in [1.807, 2.05) is 0 Å². The van der Waals surface area contributed by atoms with Crippen LogP contribution in [0.3, 0.4) is 0 Å². The molecule has 1 aromatic rings. The number of rotatable bonds is 7. The average molecular weight is 267 g/mol. The predicted molar refractivity (Wildman–Crippen MR) is 67.7 cm³/mol. The highest BCUT2D eigenvalue weighted by atomic mass is 16.5. The fourth-order valence-corrected chi connectivity index (χ4v) is 1.69. The number of hydrogen-bond donors (Lipinski definition) is 2. The van der Waals surface area contributed by atoms with Gasteiger partial charge in [0.2, 0.25) is 5.91 Å². The van der Waals surface area contributed by atoms with Gasteiger partial charge < -0.3 is 19.8 Å². The molecule has 0 aliphatic carbocycles. The van der Waals surface area contributed by atoms with Gasteiger partial charge in [-0.2, -0.15) is 0 Å². The van der Waals surface area contributed by atoms with E-state index in [0.29, 0.717) is 5.75 Å². The fraction of sp³-hybridized carbons (Fsp3) is 0.385. The van der Waals surface area contributed by atoms with Crippen molar-refractivity contribution in [3.8, 4) is 5.75 Å². The Morgan fingerprint density at radius 1 is 1.32 bits per heavy atom. The first-order valence-corrected chi connectivity index (χ1v) is 5.80. The molecule has 0 saturated carbocycles. The lowest BCUT2D eigenvalue weighted by atomic mass is 10.2. The van der Waals surface area contributed by atoms with Gasteiger partial charge in [-0.3, -0.25) is 9.59 Å². The highest BCUT2D eigenvalue weighted by Crippen LogP contribution is 2.19. The number of nitrogens with zero attached hydrogens (tertiary/aromatic N) is 1. The van der Waals surface area contributed by atoms with Crippen molar-refractivity contribution in [2.45, 2.75) is 13.0 Å². The summed E-state index contributed by atoms with van der Waals surface area (Å²) in [5.41, 5.74) is 0.761. The zero-order valence-electron chi connectivity index (χ0n) is 10.7. The predicted octanol–water partition coefficient (Wildman–Crippen LogP) is 0.491. The van der Waals surface area contributed by atoms with E-state index in [2.05, 4.69) is 0 Å². The topological polar surface area (TPSA) is 87.1 Å². The van der Waals surface area contributed by atoms with Gasteiger partial charge in [0.05, 0.1) is 13.7 Å². The molecule has 0 radical (unpaired) electrons. The van der Waals surface area contributed by atoms with Crippen LogP contribution in [0.15, 0.2) is 24.3 Å². The summed E-state index contributed by atoms with van der Waals surface area (Å²) in [6, 6.07) is 7.15. The van der Waals surface area contributed by atoms with Crippen molar-refractivity contribution in [3.63, 3.8) is 0 Å². The van der Waals surface area contributed by atoms with Gasteiger partial charge in [-0.05, 0) is 6.07 Å². The molecule has 0 spiro atoms. The maximum absolute atomic E-state index is 11.7. The van der Waals surface area contributed by atoms with Crippen molar-refractivity contribution in [3.05, 3.63) is 29.8 Å². The van der Waals surface area contributed by atoms with Crippen molar-refractivity contribution in [1.29, 1.82) is 0 Å². The van der Waals surface area contributed by atoms with Crippen molar-refractivity contribution >= 4 is 11.9 Å². The Hall–Kier alpha value is -2.08. The molecular formula is C13H17NO5. The summed E-state index contributed by atoms with van der Waals surface area (Å²) in [7, 11) is 1.52. The summed E-state index contributed by atoms with van der Waals surface area (Å²) in [6.45, 7) is 0.0708. The van der Waals surface area contributed by atoms with Crippen LogP contribution in [0, 0.1) is 0 Å². The zero-order chi connectivity index (χ0) is 14.3. The summed E-state index contributed by atoms with van der Waals surface area (Å²) >= 11 is 0. The molecule has 0 bridgehead atoms. The number of carboxylic acid groups (broad SMARTS) is 1. The van der Waals surface area contributed by atoms with Gasteiger partial charge in [-0.15, -0.1) is 0 Å². The normalized spacial score (nSPS) is 10.0. The number of benzene rings is 1. The van der Waals surface area contributed by atoms with Crippen LogP contribution in [0.25, 0.3) is 0 Å². The minimum absolute atomic E-state index is 0.0875. The lowest BCUT2D eigenvalue weighted by molar-refractivity contribution is -0.144. The number of amides is 1. The van der Waals surface area contributed by atoms with Gasteiger partial charge in [-0.25, -0.2) is 0 Å². The number of carbonyl (C=O) groups excluding carboxylic acids is 1. The maximum atomic E-state index is 11.7. The fourth-order valence-electron chi connectivity index (χ4n) is 1.69. The average Bonchev–Trinajstić information content (AvgIpc) is 2.38. The molecule has 0 atom stereocenters. The molecule has 1 aromatic carbocycles. The number of carbonyl (C=O) groups is 2. The summed E-state index contributed by atoms with van der Waals surface area (Å²) < 4.78 is 5.17. The van der Waals surface area contributed by atoms with Gasteiger partial charge in [0.1, 0.15) is 12.2 Å². The molecule has 0 saturated heterocycles. The Balaban J connectivity index is 2.83. The summed E-state index contributed by atoms with van der Waals surface area (Å²) in [5, 5.41) is 17.6. The molecule has 104 valence electrons. The summed E-state index contributed by atoms with van der Waals surface area (Å²) in [6.07, 6.45) is -0.588. The zero-order valence-corrected chi connectivity index (χ0v) is 10.7. The smallest absolute Gasteiger partial charge is 0.312 e. The molecule has 2 N–H and O–H groups in total. The molecule has 19 heavy (non-hydrogen) atoms. The number of carboxylic acids is 1. The van der Waals surface area contributed by atoms with Crippen LogP contribution in [-0.4, -0.2) is 47.3 Å². The molecule has 1 rings (SSSR count). The molecule has 0 unspecified atom stereocenters. The first-order valence-electron chi connectivity index (χ1n) is 5.80. The van der Waals surface area contributed by atoms with Gasteiger partial charge in [0, 0.05) is 18.7 Å². The Kier molecular flexibility index (Phi) is 5.81. The van der Waals surface area contributed by atoms with E-state index in [1.165, 1.54) is 12.0 Å². The third kappa shape index (κ3) is 4.59. The van der Waals surface area contributed by atoms with Gasteiger partial charge in [0.15, 0.2) is 0 Å². The molecule has 0 aliphatic heterocycles. The Labute approximate surface area is 111 Å². The van der Waals surface area contributed by atoms with Crippen LogP contribution in [0.4, 0.5) is 0 Å². The molecule has 6 nitrogen and oxygen atoms in total. The number of aliphatic hydroxyl groups excluding tert-OH is 1. The second kappa shape index (κ2) is 7.38. The van der Waals surface area contributed by atoms with Crippen LogP contribution in [0.2, 0.25) is 0 Å². The lowest BCUT2D eigenvalue weighted by Gasteiger charge is -2.22. The van der Waals surface area contributed by atoms with Crippen LogP contribution in [0.5, 0.6) is 5.75 Å². The third-order valence-electron chi connectivity index (χ3n) is 2.58. The molecule has 6 heteroatoms. The van der Waals surface area contributed by atoms with E-state index in [4.69, 9.17) is 14.9 Å². The number of hydrogen-bond acceptors (Lipinski definition) is 4. The highest BCUT2D eigenvalue weighted by molar-refractivity contribution is 5.93. The SMILES string of the molecule is COc1ccccc1CN(CCO)C(=O)CC(=O)O. The summed E-state index contributed by atoms with van der Waals surface area (Å²) in [4.78, 5) is 23.6. The van der Waals surface area contributed by atoms with E-state index in [1.54, 1.807) is 24.3 Å². The van der Waals surface area contributed by atoms with Crippen molar-refractivity contribution < 1.29 is 24.5 Å². The Morgan fingerprint density at radius 2 is 2.00 bits per heavy atom. The van der Waals surface area contributed by atoms with Crippen molar-refractivity contribution in [2.75, 3.05) is 20.3 Å². The first-order chi connectivity index (χ1) is 9.08. The monoisotopic (exact) mass is 267 g/mol. The van der Waals surface area contributed by atoms with Crippen LogP contribution in [-0.2, 0) is 16.1 Å². The minimum Gasteiger partial charge on any atom is -0.496 e. The van der Waals surface area contributed by atoms with E-state index in [-0.39, 0.29) is 19.7 Å². The van der Waals surface area contributed by atoms with Crippen molar-refractivity contribution in [1.82, 2.24) is 4.90 Å². The highest BCUT2D eigenvalue weighted by Gasteiger charge is 2.18. The number of methoxy groups -OCH3 is 1. The number of para-hydroxylation sites is 1. The first kappa shape index (κ1) is 15.0. The standard InChI is InChI=1S/C13H17NO5/c1-19-11-5-3-2-4-10(11)9-14(6-7-15)12(16)8-13(17)18/h2-5,15H,6-9H2,1H3,(H,17,18). The van der Waals surface area contributed by atoms with E-state index < -0.39 is 18.3 Å². The molecular weight excluding hydrogens is 250 g/mol. The van der Waals surface area contributed by atoms with Gasteiger partial charge in [-0.1, -0.05) is 18.2 Å².